The maximum absolute atomic E-state index is 11.4. The van der Waals surface area contributed by atoms with Gasteiger partial charge in [-0.05, 0) is 89.7 Å². The Balaban J connectivity index is 1.48. The van der Waals surface area contributed by atoms with E-state index in [1.54, 1.807) is 0 Å². The van der Waals surface area contributed by atoms with Gasteiger partial charge in [-0.2, -0.15) is 0 Å². The molecule has 0 radical (unpaired) electrons. The van der Waals surface area contributed by atoms with Crippen molar-refractivity contribution in [3.63, 3.8) is 0 Å². The van der Waals surface area contributed by atoms with Gasteiger partial charge < -0.3 is 23.8 Å². The minimum atomic E-state index is -0.728. The van der Waals surface area contributed by atoms with Gasteiger partial charge in [0.2, 0.25) is 0 Å². The highest BCUT2D eigenvalue weighted by Crippen LogP contribution is 2.36. The van der Waals surface area contributed by atoms with Gasteiger partial charge in [0.1, 0.15) is 13.2 Å². The number of ether oxygens (including phenoxy) is 4. The summed E-state index contributed by atoms with van der Waals surface area (Å²) in [5.74, 6) is 0. The van der Waals surface area contributed by atoms with Crippen LogP contribution in [0.15, 0.2) is 121 Å². The van der Waals surface area contributed by atoms with Crippen molar-refractivity contribution in [2.24, 2.45) is 0 Å². The van der Waals surface area contributed by atoms with E-state index in [1.165, 1.54) is 25.3 Å². The molecule has 0 heterocycles. The van der Waals surface area contributed by atoms with E-state index in [-0.39, 0.29) is 13.2 Å². The molecule has 0 aliphatic carbocycles. The summed E-state index contributed by atoms with van der Waals surface area (Å²) in [6, 6.07) is 41.2. The van der Waals surface area contributed by atoms with Crippen LogP contribution >= 0.6 is 0 Å². The summed E-state index contributed by atoms with van der Waals surface area (Å²) in [4.78, 5) is 25.0. The van der Waals surface area contributed by atoms with Gasteiger partial charge in [0.25, 0.3) is 0 Å². The fraction of sp³-hybridized carbons (Fsp3) is 0.150. The average molecular weight is 628 g/mol. The minimum absolute atomic E-state index is 0.104. The van der Waals surface area contributed by atoms with E-state index in [4.69, 9.17) is 9.47 Å². The highest BCUT2D eigenvalue weighted by atomic mass is 16.7. The van der Waals surface area contributed by atoms with Crippen molar-refractivity contribution < 1.29 is 28.5 Å². The van der Waals surface area contributed by atoms with Crippen LogP contribution in [0.1, 0.15) is 38.9 Å². The Bertz CT molecular complexity index is 1700. The van der Waals surface area contributed by atoms with Crippen LogP contribution in [0, 0.1) is 13.8 Å². The molecule has 5 aromatic carbocycles. The second-order valence-electron chi connectivity index (χ2n) is 11.0. The number of hydrogen-bond acceptors (Lipinski definition) is 7. The summed E-state index contributed by atoms with van der Waals surface area (Å²) < 4.78 is 19.4. The standard InChI is InChI=1S/C40H37NO6/c1-28-5-15-33(16-6-28)38(34-17-7-29(2)8-18-34)25-30-9-19-35(20-10-30)41(36-21-11-31(12-22-36)26-46-39(42)44-3)37-23-13-32(14-24-37)27-47-40(43)45-4/h5-25H,26-27H2,1-4H3. The molecule has 7 nitrogen and oxygen atoms in total. The fourth-order valence-corrected chi connectivity index (χ4v) is 5.02. The van der Waals surface area contributed by atoms with Crippen LogP contribution in [0.2, 0.25) is 0 Å². The first-order valence-electron chi connectivity index (χ1n) is 15.2. The van der Waals surface area contributed by atoms with Crippen molar-refractivity contribution in [3.8, 4) is 0 Å². The Hall–Kier alpha value is -5.82. The molecular formula is C40H37NO6. The molecule has 0 aliphatic heterocycles. The molecule has 0 N–H and O–H groups in total. The number of anilines is 3. The van der Waals surface area contributed by atoms with Crippen molar-refractivity contribution in [3.05, 3.63) is 160 Å². The van der Waals surface area contributed by atoms with Gasteiger partial charge in [-0.25, -0.2) is 9.59 Å². The van der Waals surface area contributed by atoms with E-state index in [0.717, 1.165) is 50.5 Å². The topological polar surface area (TPSA) is 74.3 Å². The van der Waals surface area contributed by atoms with Crippen molar-refractivity contribution in [1.82, 2.24) is 0 Å². The number of rotatable bonds is 10. The number of methoxy groups -OCH3 is 2. The molecule has 0 bridgehead atoms. The third kappa shape index (κ3) is 8.67. The van der Waals surface area contributed by atoms with Crippen LogP contribution in [-0.2, 0) is 32.2 Å². The zero-order valence-corrected chi connectivity index (χ0v) is 26.9. The highest BCUT2D eigenvalue weighted by molar-refractivity contribution is 5.92. The van der Waals surface area contributed by atoms with Gasteiger partial charge in [-0.3, -0.25) is 0 Å². The molecule has 0 aromatic heterocycles. The monoisotopic (exact) mass is 627 g/mol. The van der Waals surface area contributed by atoms with Gasteiger partial charge >= 0.3 is 12.3 Å². The van der Waals surface area contributed by atoms with Crippen LogP contribution in [-0.4, -0.2) is 26.5 Å². The Labute approximate surface area is 275 Å². The summed E-state index contributed by atoms with van der Waals surface area (Å²) >= 11 is 0. The number of carbonyl (C=O) groups is 2. The Kier molecular flexibility index (Phi) is 10.7. The molecule has 238 valence electrons. The maximum atomic E-state index is 11.4. The predicted molar refractivity (Wildman–Crippen MR) is 185 cm³/mol. The van der Waals surface area contributed by atoms with E-state index in [1.807, 2.05) is 48.5 Å². The minimum Gasteiger partial charge on any atom is -0.438 e. The molecule has 0 amide bonds. The average Bonchev–Trinajstić information content (AvgIpc) is 3.11. The lowest BCUT2D eigenvalue weighted by atomic mass is 9.94. The molecule has 0 saturated carbocycles. The van der Waals surface area contributed by atoms with Crippen molar-refractivity contribution in [2.45, 2.75) is 27.1 Å². The number of hydrogen-bond donors (Lipinski definition) is 0. The van der Waals surface area contributed by atoms with Gasteiger partial charge in [0, 0.05) is 17.1 Å². The molecule has 0 saturated heterocycles. The number of benzene rings is 5. The lowest BCUT2D eigenvalue weighted by Crippen LogP contribution is -2.10. The zero-order valence-electron chi connectivity index (χ0n) is 26.9. The lowest BCUT2D eigenvalue weighted by molar-refractivity contribution is 0.0660. The molecule has 5 aromatic rings. The van der Waals surface area contributed by atoms with E-state index < -0.39 is 12.3 Å². The first kappa shape index (κ1) is 32.6. The maximum Gasteiger partial charge on any atom is 0.508 e. The van der Waals surface area contributed by atoms with Gasteiger partial charge in [0.05, 0.1) is 14.2 Å². The molecule has 0 aliphatic rings. The van der Waals surface area contributed by atoms with E-state index in [0.29, 0.717) is 0 Å². The van der Waals surface area contributed by atoms with E-state index >= 15 is 0 Å². The third-order valence-electron chi connectivity index (χ3n) is 7.62. The second kappa shape index (κ2) is 15.5. The second-order valence-corrected chi connectivity index (χ2v) is 11.0. The Morgan fingerprint density at radius 3 is 1.26 bits per heavy atom. The molecule has 47 heavy (non-hydrogen) atoms. The van der Waals surface area contributed by atoms with Crippen molar-refractivity contribution in [1.29, 1.82) is 0 Å². The van der Waals surface area contributed by atoms with Crippen LogP contribution in [0.25, 0.3) is 11.6 Å². The van der Waals surface area contributed by atoms with Crippen molar-refractivity contribution in [2.75, 3.05) is 19.1 Å². The molecule has 0 unspecified atom stereocenters. The van der Waals surface area contributed by atoms with Crippen molar-refractivity contribution >= 4 is 41.0 Å². The number of nitrogens with zero attached hydrogens (tertiary/aromatic N) is 1. The summed E-state index contributed by atoms with van der Waals surface area (Å²) in [6.45, 7) is 4.40. The summed E-state index contributed by atoms with van der Waals surface area (Å²) in [5, 5.41) is 0. The fourth-order valence-electron chi connectivity index (χ4n) is 5.02. The zero-order chi connectivity index (χ0) is 33.2. The Morgan fingerprint density at radius 1 is 0.532 bits per heavy atom. The van der Waals surface area contributed by atoms with Crippen LogP contribution in [0.3, 0.4) is 0 Å². The molecular weight excluding hydrogens is 590 g/mol. The first-order chi connectivity index (χ1) is 22.8. The first-order valence-corrected chi connectivity index (χ1v) is 15.2. The lowest BCUT2D eigenvalue weighted by Gasteiger charge is -2.26. The van der Waals surface area contributed by atoms with Crippen LogP contribution < -0.4 is 4.90 Å². The smallest absolute Gasteiger partial charge is 0.438 e. The largest absolute Gasteiger partial charge is 0.508 e. The predicted octanol–water partition coefficient (Wildman–Crippen LogP) is 9.93. The van der Waals surface area contributed by atoms with Gasteiger partial charge in [-0.1, -0.05) is 96.1 Å². The third-order valence-corrected chi connectivity index (χ3v) is 7.62. The molecule has 0 atom stereocenters. The number of aryl methyl sites for hydroxylation is 2. The van der Waals surface area contributed by atoms with E-state index in [9.17, 15) is 9.59 Å². The van der Waals surface area contributed by atoms with E-state index in [2.05, 4.69) is 107 Å². The molecule has 5 rings (SSSR count). The van der Waals surface area contributed by atoms with Crippen LogP contribution in [0.5, 0.6) is 0 Å². The van der Waals surface area contributed by atoms with Crippen LogP contribution in [0.4, 0.5) is 26.7 Å². The Morgan fingerprint density at radius 2 is 0.894 bits per heavy atom. The summed E-state index contributed by atoms with van der Waals surface area (Å²) in [7, 11) is 2.56. The number of carbonyl (C=O) groups excluding carboxylic acids is 2. The van der Waals surface area contributed by atoms with Gasteiger partial charge in [0.15, 0.2) is 0 Å². The summed E-state index contributed by atoms with van der Waals surface area (Å²) in [5.41, 5.74) is 11.4. The molecule has 0 fully saturated rings. The quantitative estimate of drug-likeness (QED) is 0.113. The molecule has 7 heteroatoms. The summed E-state index contributed by atoms with van der Waals surface area (Å²) in [6.07, 6.45) is 0.762. The van der Waals surface area contributed by atoms with Gasteiger partial charge in [-0.15, -0.1) is 0 Å². The molecule has 0 spiro atoms. The SMILES string of the molecule is COC(=O)OCc1ccc(N(c2ccc(C=C(c3ccc(C)cc3)c3ccc(C)cc3)cc2)c2ccc(COC(=O)OC)cc2)cc1. The highest BCUT2D eigenvalue weighted by Gasteiger charge is 2.14. The normalized spacial score (nSPS) is 10.5.